The number of unbranched alkanes of at least 4 members (excludes halogenated alkanes) is 48. The van der Waals surface area contributed by atoms with Crippen LogP contribution in [0.4, 0.5) is 0 Å². The Bertz CT molecular complexity index is 1300. The molecule has 0 aliphatic heterocycles. The van der Waals surface area contributed by atoms with Crippen LogP contribution >= 0.6 is 0 Å². The second kappa shape index (κ2) is 67.1. The van der Waals surface area contributed by atoms with E-state index in [-0.39, 0.29) is 31.1 Å². The van der Waals surface area contributed by atoms with Gasteiger partial charge in [-0.3, -0.25) is 14.4 Å². The molecular formula is C72H134O6. The van der Waals surface area contributed by atoms with Crippen LogP contribution < -0.4 is 0 Å². The molecule has 0 heterocycles. The van der Waals surface area contributed by atoms with Crippen molar-refractivity contribution in [1.82, 2.24) is 0 Å². The van der Waals surface area contributed by atoms with Gasteiger partial charge >= 0.3 is 17.9 Å². The highest BCUT2D eigenvalue weighted by atomic mass is 16.6. The van der Waals surface area contributed by atoms with Crippen molar-refractivity contribution in [3.8, 4) is 0 Å². The molecule has 1 atom stereocenters. The van der Waals surface area contributed by atoms with E-state index < -0.39 is 6.10 Å². The Hall–Kier alpha value is -2.37. The Balaban J connectivity index is 4.14. The van der Waals surface area contributed by atoms with Crippen LogP contribution in [0.1, 0.15) is 387 Å². The van der Waals surface area contributed by atoms with Crippen LogP contribution in [0.2, 0.25) is 0 Å². The average molecular weight is 1100 g/mol. The van der Waals surface area contributed by atoms with Crippen molar-refractivity contribution in [2.24, 2.45) is 0 Å². The molecule has 458 valence electrons. The Kier molecular flexibility index (Phi) is 65.1. The summed E-state index contributed by atoms with van der Waals surface area (Å²) >= 11 is 0. The van der Waals surface area contributed by atoms with Gasteiger partial charge in [-0.25, -0.2) is 0 Å². The topological polar surface area (TPSA) is 78.9 Å². The zero-order chi connectivity index (χ0) is 56.4. The molecule has 0 saturated heterocycles. The quantitative estimate of drug-likeness (QED) is 0.0261. The molecule has 0 saturated carbocycles. The molecule has 0 rings (SSSR count). The largest absolute Gasteiger partial charge is 0.462 e. The minimum Gasteiger partial charge on any atom is -0.462 e. The summed E-state index contributed by atoms with van der Waals surface area (Å²) < 4.78 is 16.9. The molecular weight excluding hydrogens is 961 g/mol. The molecule has 0 fully saturated rings. The normalized spacial score (nSPS) is 12.2. The van der Waals surface area contributed by atoms with Crippen LogP contribution in [0, 0.1) is 0 Å². The molecule has 0 radical (unpaired) electrons. The number of carbonyl (C=O) groups is 3. The van der Waals surface area contributed by atoms with E-state index >= 15 is 0 Å². The van der Waals surface area contributed by atoms with Gasteiger partial charge in [-0.2, -0.15) is 0 Å². The lowest BCUT2D eigenvalue weighted by atomic mass is 10.0. The molecule has 0 aliphatic rings. The summed E-state index contributed by atoms with van der Waals surface area (Å²) in [7, 11) is 0. The molecule has 0 aromatic carbocycles. The van der Waals surface area contributed by atoms with E-state index in [0.717, 1.165) is 77.0 Å². The summed E-state index contributed by atoms with van der Waals surface area (Å²) in [5.74, 6) is -0.867. The number of carbonyl (C=O) groups excluding carboxylic acids is 3. The highest BCUT2D eigenvalue weighted by Gasteiger charge is 2.19. The van der Waals surface area contributed by atoms with Gasteiger partial charge in [0.25, 0.3) is 0 Å². The summed E-state index contributed by atoms with van der Waals surface area (Å²) in [6.07, 6.45) is 83.3. The van der Waals surface area contributed by atoms with E-state index in [2.05, 4.69) is 57.2 Å². The van der Waals surface area contributed by atoms with Gasteiger partial charge < -0.3 is 14.2 Å². The molecule has 78 heavy (non-hydrogen) atoms. The fraction of sp³-hybridized carbons (Fsp3) is 0.875. The average Bonchev–Trinajstić information content (AvgIpc) is 3.44. The van der Waals surface area contributed by atoms with Crippen LogP contribution in [-0.2, 0) is 28.6 Å². The lowest BCUT2D eigenvalue weighted by molar-refractivity contribution is -0.167. The summed E-state index contributed by atoms with van der Waals surface area (Å²) in [6.45, 7) is 6.65. The zero-order valence-corrected chi connectivity index (χ0v) is 52.7. The Labute approximate surface area is 486 Å². The predicted octanol–water partition coefficient (Wildman–Crippen LogP) is 23.9. The molecule has 0 N–H and O–H groups in total. The van der Waals surface area contributed by atoms with Gasteiger partial charge in [0.1, 0.15) is 13.2 Å². The van der Waals surface area contributed by atoms with Crippen LogP contribution in [0.25, 0.3) is 0 Å². The number of hydrogen-bond donors (Lipinski definition) is 0. The number of hydrogen-bond acceptors (Lipinski definition) is 6. The van der Waals surface area contributed by atoms with E-state index in [4.69, 9.17) is 14.2 Å². The summed E-state index contributed by atoms with van der Waals surface area (Å²) in [6, 6.07) is 0. The number of ether oxygens (including phenoxy) is 3. The summed E-state index contributed by atoms with van der Waals surface area (Å²) in [5.41, 5.74) is 0. The van der Waals surface area contributed by atoms with E-state index in [0.29, 0.717) is 19.3 Å². The maximum absolute atomic E-state index is 12.9. The van der Waals surface area contributed by atoms with Gasteiger partial charge in [-0.15, -0.1) is 0 Å². The van der Waals surface area contributed by atoms with Gasteiger partial charge in [0.2, 0.25) is 0 Å². The second-order valence-corrected chi connectivity index (χ2v) is 23.8. The van der Waals surface area contributed by atoms with Gasteiger partial charge in [0, 0.05) is 19.3 Å². The fourth-order valence-electron chi connectivity index (χ4n) is 10.6. The van der Waals surface area contributed by atoms with Crippen LogP contribution in [-0.4, -0.2) is 37.2 Å². The molecule has 0 aromatic rings. The molecule has 6 nitrogen and oxygen atoms in total. The van der Waals surface area contributed by atoms with Gasteiger partial charge in [0.05, 0.1) is 0 Å². The third kappa shape index (κ3) is 64.5. The zero-order valence-electron chi connectivity index (χ0n) is 52.7. The van der Waals surface area contributed by atoms with Crippen LogP contribution in [0.5, 0.6) is 0 Å². The van der Waals surface area contributed by atoms with E-state index in [9.17, 15) is 14.4 Å². The van der Waals surface area contributed by atoms with Crippen molar-refractivity contribution in [3.63, 3.8) is 0 Å². The molecule has 6 heteroatoms. The number of allylic oxidation sites excluding steroid dienone is 6. The van der Waals surface area contributed by atoms with Crippen LogP contribution in [0.3, 0.4) is 0 Å². The van der Waals surface area contributed by atoms with E-state index in [1.807, 2.05) is 0 Å². The van der Waals surface area contributed by atoms with Gasteiger partial charge in [-0.1, -0.05) is 327 Å². The number of rotatable bonds is 65. The van der Waals surface area contributed by atoms with Crippen LogP contribution in [0.15, 0.2) is 36.5 Å². The standard InChI is InChI=1S/C72H134O6/c1-4-7-10-13-16-19-22-25-27-29-31-32-33-34-35-36-37-38-39-40-41-42-44-45-47-50-53-56-59-62-65-71(74)77-68-69(67-76-70(73)64-61-58-55-52-49-24-21-18-15-12-9-6-3)78-72(75)66-63-60-57-54-51-48-46-43-30-28-26-23-20-17-14-11-8-5-2/h18,20-21,23,28,30,69H,4-17,19,22,24-27,29,31-68H2,1-3H3/b21-18-,23-20-,30-28-. The summed E-state index contributed by atoms with van der Waals surface area (Å²) in [5, 5.41) is 0. The van der Waals surface area contributed by atoms with Crippen molar-refractivity contribution in [1.29, 1.82) is 0 Å². The maximum Gasteiger partial charge on any atom is 0.306 e. The van der Waals surface area contributed by atoms with Crippen molar-refractivity contribution in [3.05, 3.63) is 36.5 Å². The minimum absolute atomic E-state index is 0.0739. The Morgan fingerprint density at radius 3 is 0.756 bits per heavy atom. The van der Waals surface area contributed by atoms with E-state index in [1.54, 1.807) is 0 Å². The first-order valence-electron chi connectivity index (χ1n) is 35.0. The van der Waals surface area contributed by atoms with Crippen molar-refractivity contribution in [2.75, 3.05) is 13.2 Å². The lowest BCUT2D eigenvalue weighted by Gasteiger charge is -2.18. The monoisotopic (exact) mass is 1100 g/mol. The SMILES string of the molecule is CCCCC/C=C\CCCCCCCC(=O)OCC(COC(=O)CCCCCCCCCCCCCCCCCCCCCCCCCCCCCCCC)OC(=O)CCCCCCCCC/C=C\C/C=C\CCCCCC. The predicted molar refractivity (Wildman–Crippen MR) is 339 cm³/mol. The molecule has 0 aromatic heterocycles. The molecule has 0 bridgehead atoms. The van der Waals surface area contributed by atoms with Crippen molar-refractivity contribution >= 4 is 17.9 Å². The third-order valence-corrected chi connectivity index (χ3v) is 15.9. The Morgan fingerprint density at radius 1 is 0.256 bits per heavy atom. The first-order chi connectivity index (χ1) is 38.5. The highest BCUT2D eigenvalue weighted by Crippen LogP contribution is 2.18. The summed E-state index contributed by atoms with van der Waals surface area (Å²) in [4.78, 5) is 38.3. The molecule has 0 aliphatic carbocycles. The van der Waals surface area contributed by atoms with Gasteiger partial charge in [0.15, 0.2) is 6.10 Å². The first-order valence-corrected chi connectivity index (χ1v) is 35.0. The van der Waals surface area contributed by atoms with Crippen molar-refractivity contribution < 1.29 is 28.6 Å². The third-order valence-electron chi connectivity index (χ3n) is 15.9. The second-order valence-electron chi connectivity index (χ2n) is 23.8. The molecule has 0 amide bonds. The highest BCUT2D eigenvalue weighted by molar-refractivity contribution is 5.71. The molecule has 1 unspecified atom stereocenters. The minimum atomic E-state index is -0.778. The lowest BCUT2D eigenvalue weighted by Crippen LogP contribution is -2.30. The van der Waals surface area contributed by atoms with Gasteiger partial charge in [-0.05, 0) is 77.0 Å². The Morgan fingerprint density at radius 2 is 0.462 bits per heavy atom. The smallest absolute Gasteiger partial charge is 0.306 e. The first kappa shape index (κ1) is 75.6. The van der Waals surface area contributed by atoms with Crippen molar-refractivity contribution in [2.45, 2.75) is 393 Å². The van der Waals surface area contributed by atoms with E-state index in [1.165, 1.54) is 270 Å². The fourth-order valence-corrected chi connectivity index (χ4v) is 10.6. The maximum atomic E-state index is 12.9. The molecule has 0 spiro atoms. The number of esters is 3.